The number of rotatable bonds is 4. The number of aromatic nitrogens is 2. The molecule has 0 aliphatic carbocycles. The molecule has 0 unspecified atom stereocenters. The highest BCUT2D eigenvalue weighted by Crippen LogP contribution is 2.46. The summed E-state index contributed by atoms with van der Waals surface area (Å²) in [4.78, 5) is 7.84. The maximum atomic E-state index is 4.11. The van der Waals surface area contributed by atoms with Gasteiger partial charge in [0.05, 0.1) is 10.7 Å². The van der Waals surface area contributed by atoms with E-state index in [-0.39, 0.29) is 0 Å². The molecule has 27 heavy (non-hydrogen) atoms. The minimum atomic E-state index is 0.873. The zero-order valence-corrected chi connectivity index (χ0v) is 16.8. The fraction of sp³-hybridized carbons (Fsp3) is 0.217. The van der Waals surface area contributed by atoms with Crippen molar-refractivity contribution >= 4 is 23.5 Å². The van der Waals surface area contributed by atoms with E-state index >= 15 is 0 Å². The smallest absolute Gasteiger partial charge is 0.179 e. The Morgan fingerprint density at radius 3 is 2.44 bits per heavy atom. The van der Waals surface area contributed by atoms with Crippen LogP contribution < -0.4 is 9.47 Å². The first kappa shape index (κ1) is 17.8. The lowest BCUT2D eigenvalue weighted by Crippen LogP contribution is -2.40. The van der Waals surface area contributed by atoms with Gasteiger partial charge in [-0.15, -0.1) is 0 Å². The average molecular weight is 375 g/mol. The van der Waals surface area contributed by atoms with Crippen LogP contribution in [0.3, 0.4) is 0 Å². The van der Waals surface area contributed by atoms with Gasteiger partial charge in [0.15, 0.2) is 17.9 Å². The van der Waals surface area contributed by atoms with Crippen LogP contribution >= 0.6 is 11.8 Å². The molecule has 4 rings (SSSR count). The maximum absolute atomic E-state index is 4.11. The van der Waals surface area contributed by atoms with Gasteiger partial charge in [-0.25, -0.2) is 0 Å². The van der Waals surface area contributed by atoms with Gasteiger partial charge in [-0.1, -0.05) is 23.9 Å². The van der Waals surface area contributed by atoms with Crippen LogP contribution in [0.1, 0.15) is 29.4 Å². The molecule has 0 N–H and O–H groups in total. The molecule has 136 valence electrons. The zero-order valence-electron chi connectivity index (χ0n) is 16.0. The van der Waals surface area contributed by atoms with E-state index in [1.807, 2.05) is 24.2 Å². The summed E-state index contributed by atoms with van der Waals surface area (Å²) in [5.41, 5.74) is 6.37. The Kier molecular flexibility index (Phi) is 4.99. The largest absolute Gasteiger partial charge is 0.335 e. The number of hydrogen-bond donors (Lipinski definition) is 0. The van der Waals surface area contributed by atoms with Gasteiger partial charge in [0.25, 0.3) is 0 Å². The van der Waals surface area contributed by atoms with Crippen molar-refractivity contribution in [3.05, 3.63) is 88.5 Å². The van der Waals surface area contributed by atoms with Gasteiger partial charge in [-0.2, -0.15) is 4.57 Å². The molecule has 0 spiro atoms. The summed E-state index contributed by atoms with van der Waals surface area (Å²) in [6.45, 7) is 8.43. The predicted octanol–water partition coefficient (Wildman–Crippen LogP) is 4.96. The number of para-hydroxylation sites is 1. The highest BCUT2D eigenvalue weighted by atomic mass is 32.2. The summed E-state index contributed by atoms with van der Waals surface area (Å²) >= 11 is 1.86. The van der Waals surface area contributed by atoms with Crippen molar-refractivity contribution in [2.75, 3.05) is 11.4 Å². The molecule has 0 fully saturated rings. The van der Waals surface area contributed by atoms with Crippen LogP contribution in [0.4, 0.5) is 5.69 Å². The molecule has 1 aliphatic rings. The van der Waals surface area contributed by atoms with Gasteiger partial charge in [0, 0.05) is 55.4 Å². The quantitative estimate of drug-likeness (QED) is 0.602. The highest BCUT2D eigenvalue weighted by molar-refractivity contribution is 8.03. The van der Waals surface area contributed by atoms with Crippen molar-refractivity contribution in [1.29, 1.82) is 0 Å². The Labute approximate surface area is 165 Å². The molecule has 0 radical (unpaired) electrons. The molecule has 1 aliphatic heterocycles. The number of benzene rings is 1. The first-order valence-electron chi connectivity index (χ1n) is 9.32. The molecule has 0 saturated heterocycles. The van der Waals surface area contributed by atoms with Crippen LogP contribution in [0.5, 0.6) is 0 Å². The third-order valence-corrected chi connectivity index (χ3v) is 6.05. The number of thioether (sulfide) groups is 1. The second-order valence-electron chi connectivity index (χ2n) is 6.81. The third-order valence-electron chi connectivity index (χ3n) is 4.94. The van der Waals surface area contributed by atoms with Crippen LogP contribution in [0.2, 0.25) is 0 Å². The summed E-state index contributed by atoms with van der Waals surface area (Å²) < 4.78 is 2.35. The number of fused-ring (bicyclic) bond motifs is 1. The predicted molar refractivity (Wildman–Crippen MR) is 113 cm³/mol. The Balaban J connectivity index is 1.65. The SMILES string of the molecule is CCN1/C(=C/c2cc(C)[n+](Cc3ccncc3)c(C)c2)Sc2ccccc21. The maximum Gasteiger partial charge on any atom is 0.179 e. The molecule has 3 nitrogen and oxygen atoms in total. The van der Waals surface area contributed by atoms with Crippen LogP contribution in [-0.2, 0) is 6.54 Å². The van der Waals surface area contributed by atoms with Crippen LogP contribution in [0.15, 0.2) is 70.8 Å². The van der Waals surface area contributed by atoms with E-state index in [4.69, 9.17) is 0 Å². The molecule has 2 aromatic heterocycles. The highest BCUT2D eigenvalue weighted by Gasteiger charge is 2.23. The first-order chi connectivity index (χ1) is 13.2. The van der Waals surface area contributed by atoms with Crippen molar-refractivity contribution in [2.24, 2.45) is 0 Å². The summed E-state index contributed by atoms with van der Waals surface area (Å²) in [6.07, 6.45) is 6.02. The van der Waals surface area contributed by atoms with E-state index in [0.717, 1.165) is 13.1 Å². The van der Waals surface area contributed by atoms with Gasteiger partial charge >= 0.3 is 0 Å². The van der Waals surface area contributed by atoms with E-state index in [2.05, 4.69) is 89.8 Å². The second kappa shape index (κ2) is 7.57. The van der Waals surface area contributed by atoms with Crippen molar-refractivity contribution in [1.82, 2.24) is 4.98 Å². The summed E-state index contributed by atoms with van der Waals surface area (Å²) in [5.74, 6) is 0. The van der Waals surface area contributed by atoms with Gasteiger partial charge in [0.1, 0.15) is 0 Å². The number of nitrogens with zero attached hydrogens (tertiary/aromatic N) is 3. The van der Waals surface area contributed by atoms with E-state index in [1.54, 1.807) is 0 Å². The monoisotopic (exact) mass is 374 g/mol. The minimum absolute atomic E-state index is 0.873. The number of aryl methyl sites for hydroxylation is 2. The molecule has 0 bridgehead atoms. The number of pyridine rings is 2. The second-order valence-corrected chi connectivity index (χ2v) is 7.87. The average Bonchev–Trinajstić information content (AvgIpc) is 3.02. The summed E-state index contributed by atoms with van der Waals surface area (Å²) in [5, 5.41) is 1.30. The molecular formula is C23H24N3S+. The molecule has 0 amide bonds. The van der Waals surface area contributed by atoms with E-state index in [0.29, 0.717) is 0 Å². The topological polar surface area (TPSA) is 20.0 Å². The fourth-order valence-electron chi connectivity index (χ4n) is 3.59. The summed E-state index contributed by atoms with van der Waals surface area (Å²) in [6, 6.07) is 17.3. The van der Waals surface area contributed by atoms with Crippen LogP contribution in [0, 0.1) is 13.8 Å². The van der Waals surface area contributed by atoms with Crippen molar-refractivity contribution < 1.29 is 4.57 Å². The standard InChI is InChI=1S/C23H24N3S/c1-4-25-21-7-5-6-8-22(21)27-23(25)15-20-13-17(2)26(18(3)14-20)16-19-9-11-24-12-10-19/h5-15H,4,16H2,1-3H3/q+1. The van der Waals surface area contributed by atoms with Gasteiger partial charge in [0.2, 0.25) is 0 Å². The Morgan fingerprint density at radius 1 is 1.04 bits per heavy atom. The number of anilines is 1. The van der Waals surface area contributed by atoms with Crippen LogP contribution in [0.25, 0.3) is 6.08 Å². The van der Waals surface area contributed by atoms with Crippen molar-refractivity contribution in [3.63, 3.8) is 0 Å². The molecule has 0 atom stereocenters. The molecule has 1 aromatic carbocycles. The van der Waals surface area contributed by atoms with Crippen LogP contribution in [-0.4, -0.2) is 11.5 Å². The van der Waals surface area contributed by atoms with Crippen molar-refractivity contribution in [3.8, 4) is 0 Å². The minimum Gasteiger partial charge on any atom is -0.335 e. The van der Waals surface area contributed by atoms with E-state index < -0.39 is 0 Å². The van der Waals surface area contributed by atoms with Gasteiger partial charge < -0.3 is 4.90 Å². The molecule has 0 saturated carbocycles. The van der Waals surface area contributed by atoms with Gasteiger partial charge in [-0.3, -0.25) is 4.98 Å². The lowest BCUT2D eigenvalue weighted by atomic mass is 10.1. The normalized spacial score (nSPS) is 14.6. The Morgan fingerprint density at radius 2 is 1.74 bits per heavy atom. The van der Waals surface area contributed by atoms with E-state index in [9.17, 15) is 0 Å². The molecule has 3 heterocycles. The molecule has 3 aromatic rings. The lowest BCUT2D eigenvalue weighted by Gasteiger charge is -2.18. The third kappa shape index (κ3) is 3.62. The van der Waals surface area contributed by atoms with Gasteiger partial charge in [-0.05, 0) is 42.8 Å². The Bertz CT molecular complexity index is 973. The zero-order chi connectivity index (χ0) is 18.8. The summed E-state index contributed by atoms with van der Waals surface area (Å²) in [7, 11) is 0. The Hall–Kier alpha value is -2.59. The van der Waals surface area contributed by atoms with Crippen molar-refractivity contribution in [2.45, 2.75) is 32.2 Å². The number of hydrogen-bond acceptors (Lipinski definition) is 3. The molecule has 4 heteroatoms. The van der Waals surface area contributed by atoms with E-state index in [1.165, 1.54) is 38.1 Å². The first-order valence-corrected chi connectivity index (χ1v) is 10.1. The lowest BCUT2D eigenvalue weighted by molar-refractivity contribution is -0.700. The fourth-order valence-corrected chi connectivity index (χ4v) is 4.78. The molecular weight excluding hydrogens is 350 g/mol.